The fraction of sp³-hybridized carbons (Fsp3) is 0.0769. The summed E-state index contributed by atoms with van der Waals surface area (Å²) in [5, 5.41) is 5.73. The Hall–Kier alpha value is -4.05. The molecule has 0 spiro atoms. The van der Waals surface area contributed by atoms with Gasteiger partial charge in [0.05, 0.1) is 22.8 Å². The van der Waals surface area contributed by atoms with Crippen LogP contribution in [0, 0.1) is 0 Å². The lowest BCUT2D eigenvalue weighted by Crippen LogP contribution is -2.54. The molecule has 3 aromatic rings. The second kappa shape index (κ2) is 11.6. The summed E-state index contributed by atoms with van der Waals surface area (Å²) in [4.78, 5) is 51.0. The van der Waals surface area contributed by atoms with E-state index in [2.05, 4.69) is 10.6 Å². The molecule has 1 aliphatic rings. The van der Waals surface area contributed by atoms with E-state index in [0.29, 0.717) is 16.3 Å². The molecule has 0 unspecified atom stereocenters. The smallest absolute Gasteiger partial charge is 0.335 e. The number of carbonyl (C=O) groups is 4. The zero-order valence-electron chi connectivity index (χ0n) is 19.6. The molecule has 0 aliphatic carbocycles. The van der Waals surface area contributed by atoms with Gasteiger partial charge in [0.1, 0.15) is 5.57 Å². The van der Waals surface area contributed by atoms with Gasteiger partial charge < -0.3 is 14.8 Å². The quantitative estimate of drug-likeness (QED) is 0.291. The van der Waals surface area contributed by atoms with Gasteiger partial charge in [0.15, 0.2) is 18.1 Å². The van der Waals surface area contributed by atoms with E-state index in [1.165, 1.54) is 43.5 Å². The number of urea groups is 1. The van der Waals surface area contributed by atoms with Crippen LogP contribution in [-0.2, 0) is 14.4 Å². The molecule has 5 amide bonds. The molecule has 0 bridgehead atoms. The summed E-state index contributed by atoms with van der Waals surface area (Å²) >= 11 is 17.8. The minimum atomic E-state index is -0.922. The van der Waals surface area contributed by atoms with E-state index in [9.17, 15) is 19.2 Å². The monoisotopic (exact) mass is 573 g/mol. The van der Waals surface area contributed by atoms with Crippen LogP contribution < -0.4 is 25.0 Å². The third-order valence-electron chi connectivity index (χ3n) is 5.25. The first-order valence-electron chi connectivity index (χ1n) is 10.9. The molecule has 0 radical (unpaired) electrons. The van der Waals surface area contributed by atoms with Crippen molar-refractivity contribution in [1.82, 2.24) is 5.32 Å². The number of hydrogen-bond donors (Lipinski definition) is 2. The Kier molecular flexibility index (Phi) is 8.21. The summed E-state index contributed by atoms with van der Waals surface area (Å²) in [5.41, 5.74) is 0.801. The van der Waals surface area contributed by atoms with Crippen molar-refractivity contribution in [2.75, 3.05) is 23.9 Å². The Morgan fingerprint density at radius 1 is 0.947 bits per heavy atom. The van der Waals surface area contributed by atoms with Crippen LogP contribution in [0.4, 0.5) is 16.2 Å². The number of benzene rings is 3. The number of imide groups is 2. The van der Waals surface area contributed by atoms with E-state index < -0.39 is 23.8 Å². The molecule has 1 heterocycles. The second-order valence-electron chi connectivity index (χ2n) is 7.81. The highest BCUT2D eigenvalue weighted by molar-refractivity contribution is 6.43. The lowest BCUT2D eigenvalue weighted by atomic mass is 10.1. The van der Waals surface area contributed by atoms with Gasteiger partial charge in [0, 0.05) is 10.7 Å². The largest absolute Gasteiger partial charge is 0.493 e. The first-order chi connectivity index (χ1) is 18.2. The number of rotatable bonds is 7. The molecule has 1 fully saturated rings. The summed E-state index contributed by atoms with van der Waals surface area (Å²) in [6.07, 6.45) is 1.30. The van der Waals surface area contributed by atoms with Crippen molar-refractivity contribution in [1.29, 1.82) is 0 Å². The maximum Gasteiger partial charge on any atom is 0.335 e. The summed E-state index contributed by atoms with van der Waals surface area (Å²) in [7, 11) is 1.40. The van der Waals surface area contributed by atoms with E-state index >= 15 is 0 Å². The predicted molar refractivity (Wildman–Crippen MR) is 144 cm³/mol. The fourth-order valence-corrected chi connectivity index (χ4v) is 3.87. The Morgan fingerprint density at radius 2 is 1.68 bits per heavy atom. The molecule has 1 saturated heterocycles. The van der Waals surface area contributed by atoms with Crippen molar-refractivity contribution >= 4 is 76.0 Å². The van der Waals surface area contributed by atoms with Crippen LogP contribution in [0.5, 0.6) is 11.5 Å². The van der Waals surface area contributed by atoms with Crippen LogP contribution in [0.15, 0.2) is 66.2 Å². The van der Waals surface area contributed by atoms with Gasteiger partial charge in [-0.05, 0) is 66.2 Å². The predicted octanol–water partition coefficient (Wildman–Crippen LogP) is 5.34. The van der Waals surface area contributed by atoms with Crippen molar-refractivity contribution in [3.63, 3.8) is 0 Å². The normalized spacial score (nSPS) is 14.4. The van der Waals surface area contributed by atoms with Crippen molar-refractivity contribution in [2.45, 2.75) is 0 Å². The Labute approximate surface area is 231 Å². The van der Waals surface area contributed by atoms with E-state index in [-0.39, 0.29) is 39.4 Å². The number of nitrogens with one attached hydrogen (secondary N) is 2. The molecular formula is C26H18Cl3N3O6. The number of nitrogens with zero attached hydrogens (tertiary/aromatic N) is 1. The molecular weight excluding hydrogens is 557 g/mol. The van der Waals surface area contributed by atoms with Crippen LogP contribution >= 0.6 is 34.8 Å². The van der Waals surface area contributed by atoms with Crippen LogP contribution in [0.2, 0.25) is 15.1 Å². The van der Waals surface area contributed by atoms with Crippen molar-refractivity contribution in [3.05, 3.63) is 86.9 Å². The number of anilines is 2. The summed E-state index contributed by atoms with van der Waals surface area (Å²) < 4.78 is 10.9. The van der Waals surface area contributed by atoms with Gasteiger partial charge in [-0.3, -0.25) is 19.7 Å². The zero-order valence-corrected chi connectivity index (χ0v) is 21.9. The van der Waals surface area contributed by atoms with Gasteiger partial charge in [-0.15, -0.1) is 0 Å². The number of halogens is 3. The molecule has 38 heavy (non-hydrogen) atoms. The van der Waals surface area contributed by atoms with E-state index in [4.69, 9.17) is 44.3 Å². The highest BCUT2D eigenvalue weighted by Crippen LogP contribution is 2.31. The van der Waals surface area contributed by atoms with Gasteiger partial charge in [0.2, 0.25) is 0 Å². The molecule has 0 atom stereocenters. The molecule has 4 rings (SSSR count). The Morgan fingerprint density at radius 3 is 2.37 bits per heavy atom. The van der Waals surface area contributed by atoms with Gasteiger partial charge >= 0.3 is 6.03 Å². The number of ether oxygens (including phenoxy) is 2. The van der Waals surface area contributed by atoms with Crippen LogP contribution in [0.1, 0.15) is 5.56 Å². The van der Waals surface area contributed by atoms with Crippen molar-refractivity contribution in [3.8, 4) is 11.5 Å². The summed E-state index contributed by atoms with van der Waals surface area (Å²) in [5.74, 6) is -1.62. The number of methoxy groups -OCH3 is 1. The van der Waals surface area contributed by atoms with Gasteiger partial charge in [0.25, 0.3) is 17.7 Å². The topological polar surface area (TPSA) is 114 Å². The average Bonchev–Trinajstić information content (AvgIpc) is 2.89. The molecule has 2 N–H and O–H groups in total. The van der Waals surface area contributed by atoms with Crippen molar-refractivity contribution in [2.24, 2.45) is 0 Å². The third kappa shape index (κ3) is 6.08. The zero-order chi connectivity index (χ0) is 27.4. The highest BCUT2D eigenvalue weighted by Gasteiger charge is 2.37. The van der Waals surface area contributed by atoms with Crippen LogP contribution in [-0.4, -0.2) is 37.5 Å². The number of hydrogen-bond acceptors (Lipinski definition) is 6. The average molecular weight is 575 g/mol. The number of barbiturate groups is 1. The van der Waals surface area contributed by atoms with E-state index in [0.717, 1.165) is 4.90 Å². The number of amides is 5. The number of carbonyl (C=O) groups excluding carboxylic acids is 4. The van der Waals surface area contributed by atoms with Gasteiger partial charge in [-0.1, -0.05) is 40.9 Å². The molecule has 0 aromatic heterocycles. The van der Waals surface area contributed by atoms with Crippen molar-refractivity contribution < 1.29 is 28.7 Å². The first-order valence-corrected chi connectivity index (χ1v) is 12.0. The van der Waals surface area contributed by atoms with Crippen LogP contribution in [0.25, 0.3) is 6.08 Å². The second-order valence-corrected chi connectivity index (χ2v) is 9.06. The first kappa shape index (κ1) is 27.0. The fourth-order valence-electron chi connectivity index (χ4n) is 3.45. The molecule has 3 aromatic carbocycles. The molecule has 12 heteroatoms. The minimum Gasteiger partial charge on any atom is -0.493 e. The Balaban J connectivity index is 1.51. The summed E-state index contributed by atoms with van der Waals surface area (Å²) in [6.45, 7) is -0.305. The van der Waals surface area contributed by atoms with Gasteiger partial charge in [-0.25, -0.2) is 9.69 Å². The highest BCUT2D eigenvalue weighted by atomic mass is 35.5. The van der Waals surface area contributed by atoms with Crippen LogP contribution in [0.3, 0.4) is 0 Å². The summed E-state index contributed by atoms with van der Waals surface area (Å²) in [6, 6.07) is 14.5. The van der Waals surface area contributed by atoms with Gasteiger partial charge in [-0.2, -0.15) is 0 Å². The van der Waals surface area contributed by atoms with E-state index in [1.54, 1.807) is 30.3 Å². The minimum absolute atomic E-state index is 0.134. The molecule has 194 valence electrons. The van der Waals surface area contributed by atoms with E-state index in [1.807, 2.05) is 0 Å². The Bertz CT molecular complexity index is 1470. The standard InChI is InChI=1S/C26H18Cl3N3O6/c1-37-22-11-14(2-9-21(22)38-13-23(33)30-16-5-3-15(27)4-6-16)10-18-24(34)31-26(36)32(25(18)35)17-7-8-19(28)20(29)12-17/h2-12H,13H2,1H3,(H,30,33)(H,31,34,36)/b18-10+. The lowest BCUT2D eigenvalue weighted by Gasteiger charge is -2.26. The SMILES string of the molecule is COc1cc(/C=C2\C(=O)NC(=O)N(c3ccc(Cl)c(Cl)c3)C2=O)ccc1OCC(=O)Nc1ccc(Cl)cc1. The lowest BCUT2D eigenvalue weighted by molar-refractivity contribution is -0.122. The third-order valence-corrected chi connectivity index (χ3v) is 6.24. The maximum absolute atomic E-state index is 13.1. The molecule has 9 nitrogen and oxygen atoms in total. The molecule has 0 saturated carbocycles. The maximum atomic E-state index is 13.1. The molecule has 1 aliphatic heterocycles.